The van der Waals surface area contributed by atoms with E-state index in [-0.39, 0.29) is 17.9 Å². The number of piperidine rings is 1. The Kier molecular flexibility index (Phi) is 7.39. The number of nitrogens with zero attached hydrogens (tertiary/aromatic N) is 1. The molecule has 1 aliphatic rings. The Morgan fingerprint density at radius 3 is 2.79 bits per heavy atom. The zero-order valence-electron chi connectivity index (χ0n) is 12.8. The summed E-state index contributed by atoms with van der Waals surface area (Å²) in [5, 5.41) is 3.21. The number of likely N-dealkylation sites (tertiary alicyclic amines) is 1. The summed E-state index contributed by atoms with van der Waals surface area (Å²) in [4.78, 5) is 14.5. The van der Waals surface area contributed by atoms with Crippen LogP contribution in [0.15, 0.2) is 0 Å². The second kappa shape index (κ2) is 8.54. The van der Waals surface area contributed by atoms with E-state index < -0.39 is 0 Å². The maximum absolute atomic E-state index is 12.1. The maximum Gasteiger partial charge on any atom is 0.223 e. The number of nitrogens with one attached hydrogen (secondary N) is 1. The summed E-state index contributed by atoms with van der Waals surface area (Å²) < 4.78 is 0. The first-order chi connectivity index (χ1) is 9.02. The summed E-state index contributed by atoms with van der Waals surface area (Å²) >= 11 is 0. The summed E-state index contributed by atoms with van der Waals surface area (Å²) in [7, 11) is 0. The van der Waals surface area contributed by atoms with Gasteiger partial charge in [-0.15, -0.1) is 0 Å². The molecule has 112 valence electrons. The number of nitrogens with two attached hydrogens (primary N) is 1. The fraction of sp³-hybridized carbons (Fsp3) is 0.933. The molecular formula is C15H31N3O. The van der Waals surface area contributed by atoms with E-state index in [4.69, 9.17) is 5.73 Å². The number of rotatable bonds is 7. The van der Waals surface area contributed by atoms with Crippen LogP contribution in [0, 0.1) is 5.92 Å². The molecule has 3 N–H and O–H groups in total. The molecule has 1 amide bonds. The van der Waals surface area contributed by atoms with Crippen molar-refractivity contribution in [2.24, 2.45) is 11.7 Å². The number of likely N-dealkylation sites (N-methyl/N-ethyl adjacent to an activating group) is 1. The molecule has 0 saturated carbocycles. The van der Waals surface area contributed by atoms with E-state index in [1.807, 2.05) is 13.8 Å². The molecule has 0 bridgehead atoms. The Morgan fingerprint density at radius 2 is 2.16 bits per heavy atom. The first kappa shape index (κ1) is 16.4. The van der Waals surface area contributed by atoms with Crippen LogP contribution in [-0.4, -0.2) is 42.5 Å². The third kappa shape index (κ3) is 6.39. The Balaban J connectivity index is 2.25. The summed E-state index contributed by atoms with van der Waals surface area (Å²) in [6.07, 6.45) is 5.30. The summed E-state index contributed by atoms with van der Waals surface area (Å²) in [6, 6.07) is 0.587. The van der Waals surface area contributed by atoms with Gasteiger partial charge in [0.05, 0.1) is 0 Å². The van der Waals surface area contributed by atoms with Gasteiger partial charge in [0.2, 0.25) is 5.91 Å². The lowest BCUT2D eigenvalue weighted by molar-refractivity contribution is -0.125. The van der Waals surface area contributed by atoms with Crippen molar-refractivity contribution in [2.45, 2.75) is 65.0 Å². The zero-order valence-corrected chi connectivity index (χ0v) is 12.8. The molecule has 1 saturated heterocycles. The van der Waals surface area contributed by atoms with Crippen LogP contribution >= 0.6 is 0 Å². The minimum absolute atomic E-state index is 0.107. The SMILES string of the molecule is CCN1CCCC(NC(=O)C(C)CCCC(C)N)C1. The van der Waals surface area contributed by atoms with E-state index in [0.717, 1.165) is 38.8 Å². The average molecular weight is 269 g/mol. The molecule has 1 heterocycles. The molecule has 0 radical (unpaired) electrons. The third-order valence-corrected chi connectivity index (χ3v) is 4.04. The highest BCUT2D eigenvalue weighted by atomic mass is 16.1. The van der Waals surface area contributed by atoms with Crippen molar-refractivity contribution in [2.75, 3.05) is 19.6 Å². The molecule has 0 aliphatic carbocycles. The molecule has 3 atom stereocenters. The molecule has 1 fully saturated rings. The topological polar surface area (TPSA) is 58.4 Å². The van der Waals surface area contributed by atoms with Crippen LogP contribution < -0.4 is 11.1 Å². The van der Waals surface area contributed by atoms with Crippen LogP contribution in [0.4, 0.5) is 0 Å². The molecule has 0 spiro atoms. The maximum atomic E-state index is 12.1. The van der Waals surface area contributed by atoms with Crippen molar-refractivity contribution in [3.05, 3.63) is 0 Å². The van der Waals surface area contributed by atoms with Crippen LogP contribution in [0.3, 0.4) is 0 Å². The monoisotopic (exact) mass is 269 g/mol. The van der Waals surface area contributed by atoms with Gasteiger partial charge in [-0.3, -0.25) is 4.79 Å². The molecule has 4 nitrogen and oxygen atoms in total. The Bertz CT molecular complexity index is 268. The van der Waals surface area contributed by atoms with Gasteiger partial charge in [-0.2, -0.15) is 0 Å². The largest absolute Gasteiger partial charge is 0.352 e. The normalized spacial score (nSPS) is 23.9. The fourth-order valence-corrected chi connectivity index (χ4v) is 2.68. The van der Waals surface area contributed by atoms with Gasteiger partial charge in [0.1, 0.15) is 0 Å². The fourth-order valence-electron chi connectivity index (χ4n) is 2.68. The van der Waals surface area contributed by atoms with Crippen molar-refractivity contribution < 1.29 is 4.79 Å². The van der Waals surface area contributed by atoms with Crippen molar-refractivity contribution in [3.63, 3.8) is 0 Å². The highest BCUT2D eigenvalue weighted by molar-refractivity contribution is 5.78. The predicted molar refractivity (Wildman–Crippen MR) is 79.9 cm³/mol. The van der Waals surface area contributed by atoms with E-state index in [9.17, 15) is 4.79 Å². The third-order valence-electron chi connectivity index (χ3n) is 4.04. The van der Waals surface area contributed by atoms with Gasteiger partial charge in [0.15, 0.2) is 0 Å². The van der Waals surface area contributed by atoms with Crippen LogP contribution in [0.2, 0.25) is 0 Å². The molecule has 3 unspecified atom stereocenters. The van der Waals surface area contributed by atoms with E-state index in [1.54, 1.807) is 0 Å². The number of amides is 1. The quantitative estimate of drug-likeness (QED) is 0.740. The lowest BCUT2D eigenvalue weighted by Gasteiger charge is -2.32. The van der Waals surface area contributed by atoms with Gasteiger partial charge in [0.25, 0.3) is 0 Å². The summed E-state index contributed by atoms with van der Waals surface area (Å²) in [5.74, 6) is 0.323. The molecule has 1 aliphatic heterocycles. The van der Waals surface area contributed by atoms with Crippen LogP contribution in [0.25, 0.3) is 0 Å². The minimum Gasteiger partial charge on any atom is -0.352 e. The summed E-state index contributed by atoms with van der Waals surface area (Å²) in [6.45, 7) is 9.49. The minimum atomic E-state index is 0.107. The van der Waals surface area contributed by atoms with Crippen molar-refractivity contribution in [1.29, 1.82) is 0 Å². The number of hydrogen-bond acceptors (Lipinski definition) is 3. The van der Waals surface area contributed by atoms with Crippen LogP contribution in [-0.2, 0) is 4.79 Å². The molecule has 19 heavy (non-hydrogen) atoms. The van der Waals surface area contributed by atoms with Gasteiger partial charge >= 0.3 is 0 Å². The van der Waals surface area contributed by atoms with E-state index in [0.29, 0.717) is 6.04 Å². The molecule has 4 heteroatoms. The van der Waals surface area contributed by atoms with E-state index in [2.05, 4.69) is 17.1 Å². The van der Waals surface area contributed by atoms with Crippen LogP contribution in [0.5, 0.6) is 0 Å². The predicted octanol–water partition coefficient (Wildman–Crippen LogP) is 1.74. The number of carbonyl (C=O) groups is 1. The lowest BCUT2D eigenvalue weighted by atomic mass is 9.99. The first-order valence-electron chi connectivity index (χ1n) is 7.81. The Hall–Kier alpha value is -0.610. The standard InChI is InChI=1S/C15H31N3O/c1-4-18-10-6-9-14(11-18)17-15(19)12(2)7-5-8-13(3)16/h12-14H,4-11,16H2,1-3H3,(H,17,19). The van der Waals surface area contributed by atoms with Gasteiger partial charge in [-0.05, 0) is 45.7 Å². The second-order valence-corrected chi connectivity index (χ2v) is 6.05. The molecule has 0 aromatic rings. The molecule has 0 aromatic heterocycles. The zero-order chi connectivity index (χ0) is 14.3. The van der Waals surface area contributed by atoms with Crippen molar-refractivity contribution >= 4 is 5.91 Å². The molecular weight excluding hydrogens is 238 g/mol. The van der Waals surface area contributed by atoms with Gasteiger partial charge in [-0.25, -0.2) is 0 Å². The van der Waals surface area contributed by atoms with Crippen molar-refractivity contribution in [3.8, 4) is 0 Å². The van der Waals surface area contributed by atoms with Crippen molar-refractivity contribution in [1.82, 2.24) is 10.2 Å². The molecule has 1 rings (SSSR count). The Labute approximate surface area is 118 Å². The highest BCUT2D eigenvalue weighted by Gasteiger charge is 2.22. The first-order valence-corrected chi connectivity index (χ1v) is 7.81. The Morgan fingerprint density at radius 1 is 1.42 bits per heavy atom. The number of hydrogen-bond donors (Lipinski definition) is 2. The number of carbonyl (C=O) groups excluding carboxylic acids is 1. The van der Waals surface area contributed by atoms with E-state index in [1.165, 1.54) is 13.0 Å². The van der Waals surface area contributed by atoms with E-state index >= 15 is 0 Å². The average Bonchev–Trinajstić information content (AvgIpc) is 2.38. The van der Waals surface area contributed by atoms with Crippen LogP contribution in [0.1, 0.15) is 52.9 Å². The highest BCUT2D eigenvalue weighted by Crippen LogP contribution is 2.13. The van der Waals surface area contributed by atoms with Gasteiger partial charge < -0.3 is 16.0 Å². The van der Waals surface area contributed by atoms with Gasteiger partial charge in [-0.1, -0.05) is 20.3 Å². The lowest BCUT2D eigenvalue weighted by Crippen LogP contribution is -2.48. The van der Waals surface area contributed by atoms with Gasteiger partial charge in [0, 0.05) is 24.5 Å². The second-order valence-electron chi connectivity index (χ2n) is 6.05. The summed E-state index contributed by atoms with van der Waals surface area (Å²) in [5.41, 5.74) is 5.73. The smallest absolute Gasteiger partial charge is 0.223 e. The molecule has 0 aromatic carbocycles.